The Morgan fingerprint density at radius 2 is 1.49 bits per heavy atom. The molecule has 10 nitrogen and oxygen atoms in total. The highest BCUT2D eigenvalue weighted by Gasteiger charge is 2.19. The largest absolute Gasteiger partial charge is 0.383 e. The van der Waals surface area contributed by atoms with E-state index in [2.05, 4.69) is 71.8 Å². The Bertz CT molecular complexity index is 2000. The molecular formula is C37H36N10. The van der Waals surface area contributed by atoms with E-state index in [4.69, 9.17) is 15.7 Å². The maximum atomic E-state index is 9.20. The second-order valence-electron chi connectivity index (χ2n) is 11.8. The Morgan fingerprint density at radius 1 is 0.723 bits per heavy atom. The van der Waals surface area contributed by atoms with E-state index in [0.717, 1.165) is 97.9 Å². The number of imidazole rings is 1. The average Bonchev–Trinajstić information content (AvgIpc) is 3.50. The van der Waals surface area contributed by atoms with Gasteiger partial charge in [0, 0.05) is 43.3 Å². The van der Waals surface area contributed by atoms with Crippen molar-refractivity contribution in [2.75, 3.05) is 36.8 Å². The molecule has 47 heavy (non-hydrogen) atoms. The average molecular weight is 621 g/mol. The van der Waals surface area contributed by atoms with Crippen molar-refractivity contribution in [1.82, 2.24) is 34.4 Å². The monoisotopic (exact) mass is 620 g/mol. The van der Waals surface area contributed by atoms with Crippen LogP contribution in [-0.4, -0.2) is 60.6 Å². The first-order valence-corrected chi connectivity index (χ1v) is 16.1. The number of nitrogens with two attached hydrogens (primary N) is 1. The SMILES string of the molecule is N#Cc1nccc(N2CCCCN(Cc3ccc(-n4c(-c5cccnc5N)nc5ccc(-c6ccccc6)nc54)cc3)CCCC2)n1. The van der Waals surface area contributed by atoms with Crippen molar-refractivity contribution in [3.63, 3.8) is 0 Å². The van der Waals surface area contributed by atoms with Crippen molar-refractivity contribution in [2.24, 2.45) is 0 Å². The minimum absolute atomic E-state index is 0.226. The fourth-order valence-electron chi connectivity index (χ4n) is 6.23. The Morgan fingerprint density at radius 3 is 2.23 bits per heavy atom. The van der Waals surface area contributed by atoms with Gasteiger partial charge in [-0.15, -0.1) is 0 Å². The minimum Gasteiger partial charge on any atom is -0.383 e. The zero-order valence-electron chi connectivity index (χ0n) is 26.2. The molecule has 0 amide bonds. The number of aromatic nitrogens is 6. The fourth-order valence-corrected chi connectivity index (χ4v) is 6.23. The fraction of sp³-hybridized carbons (Fsp3) is 0.243. The summed E-state index contributed by atoms with van der Waals surface area (Å²) in [7, 11) is 0. The van der Waals surface area contributed by atoms with E-state index in [1.165, 1.54) is 5.56 Å². The Labute approximate surface area is 274 Å². The lowest BCUT2D eigenvalue weighted by molar-refractivity contribution is 0.251. The molecule has 0 radical (unpaired) electrons. The maximum Gasteiger partial charge on any atom is 0.234 e. The first kappa shape index (κ1) is 30.0. The molecule has 0 atom stereocenters. The van der Waals surface area contributed by atoms with Gasteiger partial charge in [0.25, 0.3) is 0 Å². The van der Waals surface area contributed by atoms with E-state index in [1.54, 1.807) is 12.4 Å². The van der Waals surface area contributed by atoms with Crippen LogP contribution in [0, 0.1) is 11.3 Å². The molecule has 1 aliphatic heterocycles. The predicted molar refractivity (Wildman–Crippen MR) is 185 cm³/mol. The van der Waals surface area contributed by atoms with Crippen molar-refractivity contribution in [3.05, 3.63) is 109 Å². The molecule has 4 aromatic heterocycles. The Balaban J connectivity index is 1.11. The first-order valence-electron chi connectivity index (χ1n) is 16.1. The van der Waals surface area contributed by atoms with Crippen LogP contribution >= 0.6 is 0 Å². The van der Waals surface area contributed by atoms with Crippen LogP contribution in [0.25, 0.3) is 39.5 Å². The number of nitrogens with zero attached hydrogens (tertiary/aromatic N) is 9. The first-order chi connectivity index (χ1) is 23.2. The summed E-state index contributed by atoms with van der Waals surface area (Å²) in [6, 6.07) is 30.7. The summed E-state index contributed by atoms with van der Waals surface area (Å²) < 4.78 is 2.09. The van der Waals surface area contributed by atoms with E-state index in [1.807, 2.05) is 48.5 Å². The summed E-state index contributed by atoms with van der Waals surface area (Å²) in [6.07, 6.45) is 7.69. The summed E-state index contributed by atoms with van der Waals surface area (Å²) in [5.41, 5.74) is 12.9. The van der Waals surface area contributed by atoms with Crippen molar-refractivity contribution in [3.8, 4) is 34.4 Å². The third kappa shape index (κ3) is 6.66. The molecule has 0 bridgehead atoms. The highest BCUT2D eigenvalue weighted by molar-refractivity contribution is 5.84. The van der Waals surface area contributed by atoms with Crippen LogP contribution in [0.4, 0.5) is 11.6 Å². The van der Waals surface area contributed by atoms with Crippen LogP contribution in [0.15, 0.2) is 97.3 Å². The molecule has 10 heteroatoms. The number of hydrogen-bond donors (Lipinski definition) is 1. The molecule has 7 rings (SSSR count). The molecule has 0 aliphatic carbocycles. The van der Waals surface area contributed by atoms with E-state index in [9.17, 15) is 5.26 Å². The van der Waals surface area contributed by atoms with Gasteiger partial charge >= 0.3 is 0 Å². The molecule has 0 unspecified atom stereocenters. The third-order valence-electron chi connectivity index (χ3n) is 8.62. The van der Waals surface area contributed by atoms with E-state index in [-0.39, 0.29) is 5.82 Å². The van der Waals surface area contributed by atoms with Gasteiger partial charge in [-0.1, -0.05) is 42.5 Å². The van der Waals surface area contributed by atoms with E-state index >= 15 is 0 Å². The molecule has 0 saturated carbocycles. The number of fused-ring (bicyclic) bond motifs is 1. The van der Waals surface area contributed by atoms with Gasteiger partial charge in [0.15, 0.2) is 11.5 Å². The Kier molecular flexibility index (Phi) is 8.79. The van der Waals surface area contributed by atoms with Crippen molar-refractivity contribution in [2.45, 2.75) is 32.2 Å². The van der Waals surface area contributed by atoms with Gasteiger partial charge in [-0.25, -0.2) is 24.9 Å². The van der Waals surface area contributed by atoms with Gasteiger partial charge in [0.05, 0.1) is 11.3 Å². The zero-order chi connectivity index (χ0) is 32.0. The van der Waals surface area contributed by atoms with Gasteiger partial charge in [-0.05, 0) is 86.8 Å². The van der Waals surface area contributed by atoms with Crippen molar-refractivity contribution < 1.29 is 0 Å². The topological polar surface area (TPSA) is 126 Å². The number of hydrogen-bond acceptors (Lipinski definition) is 9. The second-order valence-corrected chi connectivity index (χ2v) is 11.8. The number of rotatable bonds is 6. The molecule has 2 aromatic carbocycles. The number of nitriles is 1. The molecule has 5 heterocycles. The van der Waals surface area contributed by atoms with Crippen LogP contribution < -0.4 is 10.6 Å². The standard InChI is InChI=1S/C37H36N10/c38-25-33-40-20-18-34(44-33)46-23-6-4-21-45(22-5-7-24-46)26-27-12-14-29(15-13-27)47-36(30-11-8-19-41-35(30)39)43-32-17-16-31(42-37(32)47)28-9-2-1-3-10-28/h1-3,8-20H,4-7,21-24,26H2,(H2,39,41). The number of nitrogen functional groups attached to an aromatic ring is 1. The highest BCUT2D eigenvalue weighted by Crippen LogP contribution is 2.32. The summed E-state index contributed by atoms with van der Waals surface area (Å²) >= 11 is 0. The zero-order valence-corrected chi connectivity index (χ0v) is 26.2. The smallest absolute Gasteiger partial charge is 0.234 e. The molecular weight excluding hydrogens is 584 g/mol. The van der Waals surface area contributed by atoms with Crippen LogP contribution in [0.3, 0.4) is 0 Å². The summed E-state index contributed by atoms with van der Waals surface area (Å²) in [5.74, 6) is 2.22. The second kappa shape index (κ2) is 13.8. The van der Waals surface area contributed by atoms with Gasteiger partial charge in [-0.2, -0.15) is 5.26 Å². The molecule has 1 fully saturated rings. The van der Waals surface area contributed by atoms with Gasteiger partial charge < -0.3 is 10.6 Å². The van der Waals surface area contributed by atoms with E-state index < -0.39 is 0 Å². The quantitative estimate of drug-likeness (QED) is 0.229. The normalized spacial score (nSPS) is 14.6. The van der Waals surface area contributed by atoms with Crippen molar-refractivity contribution >= 4 is 22.8 Å². The molecule has 234 valence electrons. The van der Waals surface area contributed by atoms with Gasteiger partial charge in [0.2, 0.25) is 5.82 Å². The number of benzene rings is 2. The molecule has 6 aromatic rings. The lowest BCUT2D eigenvalue weighted by Crippen LogP contribution is -2.32. The summed E-state index contributed by atoms with van der Waals surface area (Å²) in [5, 5.41) is 9.20. The minimum atomic E-state index is 0.226. The van der Waals surface area contributed by atoms with E-state index in [0.29, 0.717) is 11.6 Å². The maximum absolute atomic E-state index is 9.20. The number of pyridine rings is 2. The third-order valence-corrected chi connectivity index (χ3v) is 8.62. The molecule has 2 N–H and O–H groups in total. The lowest BCUT2D eigenvalue weighted by atomic mass is 10.1. The number of anilines is 2. The molecule has 1 saturated heterocycles. The van der Waals surface area contributed by atoms with Crippen LogP contribution in [0.5, 0.6) is 0 Å². The lowest BCUT2D eigenvalue weighted by Gasteiger charge is -2.28. The molecule has 0 spiro atoms. The summed E-state index contributed by atoms with van der Waals surface area (Å²) in [6.45, 7) is 4.81. The van der Waals surface area contributed by atoms with Crippen molar-refractivity contribution in [1.29, 1.82) is 5.26 Å². The summed E-state index contributed by atoms with van der Waals surface area (Å²) in [4.78, 5) is 27.7. The Hall–Kier alpha value is -5.66. The van der Waals surface area contributed by atoms with Crippen LogP contribution in [0.2, 0.25) is 0 Å². The predicted octanol–water partition coefficient (Wildman–Crippen LogP) is 6.28. The molecule has 1 aliphatic rings. The van der Waals surface area contributed by atoms with Gasteiger partial charge in [-0.3, -0.25) is 9.47 Å². The highest BCUT2D eigenvalue weighted by atomic mass is 15.2. The van der Waals surface area contributed by atoms with Gasteiger partial charge in [0.1, 0.15) is 23.2 Å². The van der Waals surface area contributed by atoms with Crippen LogP contribution in [0.1, 0.15) is 37.1 Å². The van der Waals surface area contributed by atoms with Crippen LogP contribution in [-0.2, 0) is 6.54 Å².